The van der Waals surface area contributed by atoms with Crippen LogP contribution in [0.3, 0.4) is 0 Å². The zero-order chi connectivity index (χ0) is 35.1. The summed E-state index contributed by atoms with van der Waals surface area (Å²) < 4.78 is 5.36. The lowest BCUT2D eigenvalue weighted by molar-refractivity contribution is 0.316. The Morgan fingerprint density at radius 3 is 1.53 bits per heavy atom. The number of benzene rings is 7. The topological polar surface area (TPSA) is 77.6 Å². The molecule has 0 radical (unpaired) electrons. The van der Waals surface area contributed by atoms with Gasteiger partial charge in [0.2, 0.25) is 0 Å². The van der Waals surface area contributed by atoms with E-state index in [1.54, 1.807) is 0 Å². The van der Waals surface area contributed by atoms with E-state index in [0.29, 0.717) is 5.82 Å². The molecule has 0 amide bonds. The molecule has 0 saturated carbocycles. The summed E-state index contributed by atoms with van der Waals surface area (Å²) in [5.41, 5.74) is 13.3. The maximum absolute atomic E-state index is 5.36. The molecule has 0 aliphatic carbocycles. The third-order valence-corrected chi connectivity index (χ3v) is 9.78. The van der Waals surface area contributed by atoms with Gasteiger partial charge in [0, 0.05) is 44.0 Å². The number of hydrogen-bond donors (Lipinski definition) is 0. The van der Waals surface area contributed by atoms with Gasteiger partial charge in [-0.2, -0.15) is 0 Å². The van der Waals surface area contributed by atoms with Crippen LogP contribution in [0.15, 0.2) is 181 Å². The van der Waals surface area contributed by atoms with Crippen LogP contribution in [0.25, 0.3) is 100 Å². The highest BCUT2D eigenvalue weighted by atomic mass is 16.6. The van der Waals surface area contributed by atoms with Crippen LogP contribution < -0.4 is 0 Å². The van der Waals surface area contributed by atoms with E-state index in [4.69, 9.17) is 19.6 Å². The molecule has 3 aromatic heterocycles. The van der Waals surface area contributed by atoms with E-state index in [1.165, 1.54) is 0 Å². The van der Waals surface area contributed by atoms with Crippen LogP contribution in [0, 0.1) is 0 Å². The lowest BCUT2D eigenvalue weighted by Gasteiger charge is -2.13. The minimum Gasteiger partial charge on any atom is -0.247 e. The molecule has 6 nitrogen and oxygen atoms in total. The Labute approximate surface area is 305 Å². The normalized spacial score (nSPS) is 11.4. The van der Waals surface area contributed by atoms with Gasteiger partial charge in [-0.25, -0.2) is 19.6 Å². The van der Waals surface area contributed by atoms with Gasteiger partial charge in [0.05, 0.1) is 22.6 Å². The van der Waals surface area contributed by atoms with Crippen LogP contribution in [-0.4, -0.2) is 25.3 Å². The quantitative estimate of drug-likeness (QED) is 0.163. The van der Waals surface area contributed by atoms with Gasteiger partial charge in [-0.15, -0.1) is 0 Å². The summed E-state index contributed by atoms with van der Waals surface area (Å²) in [6.45, 7) is 0. The Kier molecular flexibility index (Phi) is 7.36. The highest BCUT2D eigenvalue weighted by Crippen LogP contribution is 2.41. The molecule has 0 bridgehead atoms. The number of pyridine rings is 1. The summed E-state index contributed by atoms with van der Waals surface area (Å²) in [4.78, 5) is 15.2. The first kappa shape index (κ1) is 30.5. The minimum atomic E-state index is 0.702. The second kappa shape index (κ2) is 12.8. The summed E-state index contributed by atoms with van der Waals surface area (Å²) in [5.74, 6) is 0.702. The summed E-state index contributed by atoms with van der Waals surface area (Å²) >= 11 is 0. The smallest absolute Gasteiger partial charge is 0.160 e. The first-order valence-corrected chi connectivity index (χ1v) is 17.5. The van der Waals surface area contributed by atoms with Gasteiger partial charge in [0.25, 0.3) is 0 Å². The zero-order valence-electron chi connectivity index (χ0n) is 28.4. The van der Waals surface area contributed by atoms with Crippen LogP contribution >= 0.6 is 0 Å². The van der Waals surface area contributed by atoms with Crippen molar-refractivity contribution < 1.29 is 4.63 Å². The molecule has 3 heterocycles. The molecule has 0 spiro atoms. The van der Waals surface area contributed by atoms with Gasteiger partial charge in [-0.1, -0.05) is 158 Å². The number of rotatable bonds is 6. The monoisotopic (exact) mass is 679 g/mol. The van der Waals surface area contributed by atoms with Gasteiger partial charge >= 0.3 is 0 Å². The molecule has 248 valence electrons. The van der Waals surface area contributed by atoms with Crippen molar-refractivity contribution in [2.75, 3.05) is 0 Å². The number of para-hydroxylation sites is 1. The SMILES string of the molecule is c1ccc(-c2cc(-c3ccc(-c4ccc(-c5nc6ccccc6c6c5cc(-c5ccccc5)c5nonc56)cc4)cc3)nc(-c3ccccc3)n2)cc1. The molecular weight excluding hydrogens is 651 g/mol. The molecular formula is C47H29N5O. The third-order valence-electron chi connectivity index (χ3n) is 9.78. The molecule has 0 aliphatic heterocycles. The van der Waals surface area contributed by atoms with Crippen LogP contribution in [0.1, 0.15) is 0 Å². The predicted molar refractivity (Wildman–Crippen MR) is 213 cm³/mol. The summed E-state index contributed by atoms with van der Waals surface area (Å²) in [7, 11) is 0. The van der Waals surface area contributed by atoms with Crippen molar-refractivity contribution in [2.45, 2.75) is 0 Å². The van der Waals surface area contributed by atoms with Gasteiger partial charge in [0.1, 0.15) is 11.0 Å². The molecule has 0 aliphatic rings. The van der Waals surface area contributed by atoms with Crippen molar-refractivity contribution in [3.8, 4) is 67.4 Å². The van der Waals surface area contributed by atoms with Crippen molar-refractivity contribution in [1.29, 1.82) is 0 Å². The lowest BCUT2D eigenvalue weighted by atomic mass is 9.93. The third kappa shape index (κ3) is 5.50. The van der Waals surface area contributed by atoms with E-state index in [2.05, 4.69) is 101 Å². The average molecular weight is 680 g/mol. The van der Waals surface area contributed by atoms with E-state index in [0.717, 1.165) is 94.3 Å². The zero-order valence-corrected chi connectivity index (χ0v) is 28.4. The number of nitrogens with zero attached hydrogens (tertiary/aromatic N) is 5. The van der Waals surface area contributed by atoms with Gasteiger partial charge in [0.15, 0.2) is 5.82 Å². The van der Waals surface area contributed by atoms with E-state index in [9.17, 15) is 0 Å². The molecule has 10 rings (SSSR count). The molecule has 6 heteroatoms. The van der Waals surface area contributed by atoms with Crippen molar-refractivity contribution in [3.63, 3.8) is 0 Å². The molecule has 0 N–H and O–H groups in total. The Balaban J connectivity index is 1.04. The Morgan fingerprint density at radius 1 is 0.358 bits per heavy atom. The maximum Gasteiger partial charge on any atom is 0.160 e. The number of hydrogen-bond acceptors (Lipinski definition) is 6. The summed E-state index contributed by atoms with van der Waals surface area (Å²) in [6, 6.07) is 60.2. The molecule has 0 fully saturated rings. The van der Waals surface area contributed by atoms with Gasteiger partial charge < -0.3 is 0 Å². The summed E-state index contributed by atoms with van der Waals surface area (Å²) in [6.07, 6.45) is 0. The second-order valence-electron chi connectivity index (χ2n) is 13.0. The predicted octanol–water partition coefficient (Wildman–Crippen LogP) is 11.7. The molecule has 0 atom stereocenters. The van der Waals surface area contributed by atoms with Crippen molar-refractivity contribution >= 4 is 32.7 Å². The van der Waals surface area contributed by atoms with E-state index in [1.807, 2.05) is 84.9 Å². The van der Waals surface area contributed by atoms with Gasteiger partial charge in [-0.3, -0.25) is 0 Å². The molecule has 53 heavy (non-hydrogen) atoms. The second-order valence-corrected chi connectivity index (χ2v) is 13.0. The van der Waals surface area contributed by atoms with Crippen LogP contribution in [-0.2, 0) is 0 Å². The van der Waals surface area contributed by atoms with E-state index < -0.39 is 0 Å². The Morgan fingerprint density at radius 2 is 0.868 bits per heavy atom. The fraction of sp³-hybridized carbons (Fsp3) is 0. The number of aromatic nitrogens is 5. The molecule has 0 unspecified atom stereocenters. The highest BCUT2D eigenvalue weighted by Gasteiger charge is 2.20. The van der Waals surface area contributed by atoms with Gasteiger partial charge in [-0.05, 0) is 45.2 Å². The highest BCUT2D eigenvalue weighted by molar-refractivity contribution is 6.23. The lowest BCUT2D eigenvalue weighted by Crippen LogP contribution is -1.95. The number of fused-ring (bicyclic) bond motifs is 5. The Bertz CT molecular complexity index is 2850. The first-order valence-electron chi connectivity index (χ1n) is 17.5. The van der Waals surface area contributed by atoms with Crippen LogP contribution in [0.2, 0.25) is 0 Å². The summed E-state index contributed by atoms with van der Waals surface area (Å²) in [5, 5.41) is 11.8. The maximum atomic E-state index is 5.36. The molecule has 7 aromatic carbocycles. The van der Waals surface area contributed by atoms with E-state index in [-0.39, 0.29) is 0 Å². The fourth-order valence-electron chi connectivity index (χ4n) is 7.14. The molecule has 0 saturated heterocycles. The van der Waals surface area contributed by atoms with Crippen LogP contribution in [0.5, 0.6) is 0 Å². The van der Waals surface area contributed by atoms with Crippen molar-refractivity contribution in [3.05, 3.63) is 176 Å². The van der Waals surface area contributed by atoms with Crippen molar-refractivity contribution in [1.82, 2.24) is 25.3 Å². The Hall–Kier alpha value is -7.31. The standard InChI is InChI=1S/C47H29N5O/c1-4-12-32(13-5-1)38-28-39-43(46-45(38)51-53-52-46)37-18-10-11-19-40(37)48-44(39)35-26-22-31(23-27-35)30-20-24-34(25-21-30)42-29-41(33-14-6-2-7-15-33)49-47(50-42)36-16-8-3-9-17-36/h1-29H. The minimum absolute atomic E-state index is 0.702. The first-order chi connectivity index (χ1) is 26.3. The largest absolute Gasteiger partial charge is 0.247 e. The molecule has 10 aromatic rings. The van der Waals surface area contributed by atoms with Crippen molar-refractivity contribution in [2.24, 2.45) is 0 Å². The van der Waals surface area contributed by atoms with Crippen LogP contribution in [0.4, 0.5) is 0 Å². The average Bonchev–Trinajstić information content (AvgIpc) is 3.74. The fourth-order valence-corrected chi connectivity index (χ4v) is 7.14. The van der Waals surface area contributed by atoms with E-state index >= 15 is 0 Å².